The zero-order valence-electron chi connectivity index (χ0n) is 13.1. The van der Waals surface area contributed by atoms with Crippen LogP contribution in [0.15, 0.2) is 10.5 Å². The summed E-state index contributed by atoms with van der Waals surface area (Å²) < 4.78 is 7.18. The van der Waals surface area contributed by atoms with Gasteiger partial charge < -0.3 is 15.0 Å². The second-order valence-corrected chi connectivity index (χ2v) is 9.03. The van der Waals surface area contributed by atoms with E-state index in [2.05, 4.69) is 21.2 Å². The highest BCUT2D eigenvalue weighted by molar-refractivity contribution is 9.10. The van der Waals surface area contributed by atoms with Crippen molar-refractivity contribution in [1.82, 2.24) is 10.2 Å². The minimum absolute atomic E-state index is 0.203. The van der Waals surface area contributed by atoms with Gasteiger partial charge in [-0.25, -0.2) is 4.79 Å². The van der Waals surface area contributed by atoms with Crippen molar-refractivity contribution in [3.8, 4) is 0 Å². The predicted octanol–water partition coefficient (Wildman–Crippen LogP) is 4.65. The maximum Gasteiger partial charge on any atom is 0.410 e. The summed E-state index contributed by atoms with van der Waals surface area (Å²) in [6.07, 6.45) is 1.84. The molecule has 124 valence electrons. The highest BCUT2D eigenvalue weighted by Gasteiger charge is 2.31. The second kappa shape index (κ2) is 7.51. The van der Waals surface area contributed by atoms with E-state index in [1.807, 2.05) is 31.7 Å². The third-order valence-corrected chi connectivity index (χ3v) is 5.86. The van der Waals surface area contributed by atoms with Crippen LogP contribution in [0.25, 0.3) is 0 Å². The molecular formula is C15H22BrClN2O2S. The van der Waals surface area contributed by atoms with E-state index in [1.165, 1.54) is 4.88 Å². The fourth-order valence-corrected chi connectivity index (χ4v) is 4.21. The normalized spacial score (nSPS) is 18.8. The van der Waals surface area contributed by atoms with Crippen LogP contribution in [0.2, 0.25) is 4.34 Å². The van der Waals surface area contributed by atoms with E-state index < -0.39 is 5.60 Å². The molecule has 2 rings (SSSR count). The summed E-state index contributed by atoms with van der Waals surface area (Å²) in [5, 5.41) is 3.41. The van der Waals surface area contributed by atoms with Crippen molar-refractivity contribution in [3.05, 3.63) is 19.8 Å². The average Bonchev–Trinajstić information content (AvgIpc) is 2.95. The van der Waals surface area contributed by atoms with Crippen LogP contribution in [0.3, 0.4) is 0 Å². The molecule has 0 saturated carbocycles. The summed E-state index contributed by atoms with van der Waals surface area (Å²) in [5.74, 6) is 0. The largest absolute Gasteiger partial charge is 0.444 e. The molecule has 1 saturated heterocycles. The van der Waals surface area contributed by atoms with Gasteiger partial charge in [-0.2, -0.15) is 0 Å². The number of halogens is 2. The summed E-state index contributed by atoms with van der Waals surface area (Å²) >= 11 is 11.0. The number of nitrogens with zero attached hydrogens (tertiary/aromatic N) is 1. The summed E-state index contributed by atoms with van der Waals surface area (Å²) in [7, 11) is 0. The maximum absolute atomic E-state index is 12.2. The summed E-state index contributed by atoms with van der Waals surface area (Å²) in [6.45, 7) is 7.99. The van der Waals surface area contributed by atoms with Gasteiger partial charge in [0.2, 0.25) is 0 Å². The average molecular weight is 410 g/mol. The highest BCUT2D eigenvalue weighted by Crippen LogP contribution is 2.31. The zero-order valence-corrected chi connectivity index (χ0v) is 16.3. The molecule has 1 unspecified atom stereocenters. The molecule has 4 nitrogen and oxygen atoms in total. The molecule has 2 heterocycles. The third kappa shape index (κ3) is 5.11. The number of nitrogens with one attached hydrogen (secondary N) is 1. The van der Waals surface area contributed by atoms with E-state index in [-0.39, 0.29) is 12.1 Å². The molecule has 0 bridgehead atoms. The van der Waals surface area contributed by atoms with Crippen LogP contribution < -0.4 is 5.32 Å². The lowest BCUT2D eigenvalue weighted by Gasteiger charge is -2.28. The Balaban J connectivity index is 1.82. The van der Waals surface area contributed by atoms with Crippen molar-refractivity contribution in [2.24, 2.45) is 0 Å². The zero-order chi connectivity index (χ0) is 16.3. The van der Waals surface area contributed by atoms with Crippen LogP contribution in [0.1, 0.15) is 38.5 Å². The van der Waals surface area contributed by atoms with Crippen molar-refractivity contribution in [2.75, 3.05) is 13.1 Å². The number of carbonyl (C=O) groups excluding carboxylic acids is 1. The molecule has 0 aromatic carbocycles. The van der Waals surface area contributed by atoms with Crippen LogP contribution in [-0.2, 0) is 11.3 Å². The summed E-state index contributed by atoms with van der Waals surface area (Å²) in [4.78, 5) is 15.2. The second-order valence-electron chi connectivity index (χ2n) is 6.44. The van der Waals surface area contributed by atoms with Crippen molar-refractivity contribution >= 4 is 45.0 Å². The van der Waals surface area contributed by atoms with Crippen molar-refractivity contribution < 1.29 is 9.53 Å². The molecule has 1 aromatic heterocycles. The number of hydrogen-bond donors (Lipinski definition) is 1. The van der Waals surface area contributed by atoms with Crippen LogP contribution in [0.4, 0.5) is 4.79 Å². The lowest BCUT2D eigenvalue weighted by molar-refractivity contribution is 0.0226. The van der Waals surface area contributed by atoms with Crippen LogP contribution in [-0.4, -0.2) is 35.7 Å². The molecule has 1 aromatic rings. The topological polar surface area (TPSA) is 41.6 Å². The van der Waals surface area contributed by atoms with E-state index in [4.69, 9.17) is 16.3 Å². The standard InChI is InChI=1S/C15H22BrClN2O2S/c1-15(2,3)21-14(20)19-6-4-5-10(19)8-18-9-11-7-12(16)13(17)22-11/h7,10,18H,4-6,8-9H2,1-3H3. The van der Waals surface area contributed by atoms with E-state index >= 15 is 0 Å². The molecule has 1 aliphatic rings. The fourth-order valence-electron chi connectivity index (χ4n) is 2.45. The summed E-state index contributed by atoms with van der Waals surface area (Å²) in [6, 6.07) is 2.23. The molecule has 1 aliphatic heterocycles. The minimum atomic E-state index is -0.447. The number of thiophene rings is 1. The van der Waals surface area contributed by atoms with Gasteiger partial charge in [0.25, 0.3) is 0 Å². The third-order valence-electron chi connectivity index (χ3n) is 3.38. The van der Waals surface area contributed by atoms with E-state index in [0.717, 1.165) is 41.3 Å². The van der Waals surface area contributed by atoms with E-state index in [1.54, 1.807) is 11.3 Å². The van der Waals surface area contributed by atoms with Crippen LogP contribution >= 0.6 is 38.9 Å². The van der Waals surface area contributed by atoms with Crippen LogP contribution in [0, 0.1) is 0 Å². The molecule has 1 fully saturated rings. The highest BCUT2D eigenvalue weighted by atomic mass is 79.9. The lowest BCUT2D eigenvalue weighted by Crippen LogP contribution is -2.43. The van der Waals surface area contributed by atoms with Gasteiger partial charge in [0, 0.05) is 35.0 Å². The number of hydrogen-bond acceptors (Lipinski definition) is 4. The Kier molecular flexibility index (Phi) is 6.16. The molecule has 0 radical (unpaired) electrons. The number of carbonyl (C=O) groups is 1. The molecule has 0 aliphatic carbocycles. The van der Waals surface area contributed by atoms with Crippen molar-refractivity contribution in [1.29, 1.82) is 0 Å². The SMILES string of the molecule is CC(C)(C)OC(=O)N1CCCC1CNCc1cc(Br)c(Cl)s1. The van der Waals surface area contributed by atoms with Gasteiger partial charge in [0.15, 0.2) is 0 Å². The first-order chi connectivity index (χ1) is 10.3. The Morgan fingerprint density at radius 3 is 2.91 bits per heavy atom. The first kappa shape index (κ1) is 18.0. The number of likely N-dealkylation sites (tertiary alicyclic amines) is 1. The molecule has 7 heteroatoms. The van der Waals surface area contributed by atoms with Gasteiger partial charge in [0.05, 0.1) is 0 Å². The first-order valence-corrected chi connectivity index (χ1v) is 9.39. The van der Waals surface area contributed by atoms with Gasteiger partial charge in [-0.15, -0.1) is 11.3 Å². The van der Waals surface area contributed by atoms with Gasteiger partial charge in [0.1, 0.15) is 9.94 Å². The van der Waals surface area contributed by atoms with Gasteiger partial charge in [-0.05, 0) is 55.6 Å². The Labute approximate surface area is 149 Å². The number of rotatable bonds is 4. The number of ether oxygens (including phenoxy) is 1. The van der Waals surface area contributed by atoms with Crippen molar-refractivity contribution in [3.63, 3.8) is 0 Å². The Morgan fingerprint density at radius 2 is 2.32 bits per heavy atom. The molecule has 1 N–H and O–H groups in total. The molecule has 22 heavy (non-hydrogen) atoms. The lowest BCUT2D eigenvalue weighted by atomic mass is 10.2. The van der Waals surface area contributed by atoms with Gasteiger partial charge in [-0.1, -0.05) is 11.6 Å². The smallest absolute Gasteiger partial charge is 0.410 e. The number of amides is 1. The molecule has 0 spiro atoms. The molecule has 1 atom stereocenters. The van der Waals surface area contributed by atoms with Crippen LogP contribution in [0.5, 0.6) is 0 Å². The van der Waals surface area contributed by atoms with E-state index in [0.29, 0.717) is 0 Å². The predicted molar refractivity (Wildman–Crippen MR) is 94.7 cm³/mol. The monoisotopic (exact) mass is 408 g/mol. The minimum Gasteiger partial charge on any atom is -0.444 e. The van der Waals surface area contributed by atoms with Gasteiger partial charge >= 0.3 is 6.09 Å². The first-order valence-electron chi connectivity index (χ1n) is 7.40. The maximum atomic E-state index is 12.2. The quantitative estimate of drug-likeness (QED) is 0.787. The van der Waals surface area contributed by atoms with E-state index in [9.17, 15) is 4.79 Å². The molecular weight excluding hydrogens is 388 g/mol. The Bertz CT molecular complexity index is 511. The molecule has 1 amide bonds. The Hall–Kier alpha value is -0.300. The van der Waals surface area contributed by atoms with Crippen molar-refractivity contribution in [2.45, 2.75) is 51.8 Å². The fraction of sp³-hybridized carbons (Fsp3) is 0.667. The van der Waals surface area contributed by atoms with Gasteiger partial charge in [-0.3, -0.25) is 0 Å². The summed E-state index contributed by atoms with van der Waals surface area (Å²) in [5.41, 5.74) is -0.447. The Morgan fingerprint density at radius 1 is 1.59 bits per heavy atom.